The number of amides is 1. The van der Waals surface area contributed by atoms with Crippen LogP contribution in [0, 0.1) is 0 Å². The van der Waals surface area contributed by atoms with Crippen molar-refractivity contribution in [2.24, 2.45) is 7.05 Å². The van der Waals surface area contributed by atoms with Crippen LogP contribution in [0.3, 0.4) is 0 Å². The van der Waals surface area contributed by atoms with Gasteiger partial charge in [-0.05, 0) is 18.6 Å². The molecular formula is C15H16N6OS. The molecule has 2 N–H and O–H groups in total. The number of nitrogens with two attached hydrogens (primary N) is 1. The number of rotatable bonds is 2. The molecule has 0 aliphatic carbocycles. The molecule has 1 fully saturated rings. The molecule has 4 heterocycles. The third kappa shape index (κ3) is 2.55. The van der Waals surface area contributed by atoms with Gasteiger partial charge < -0.3 is 10.6 Å². The number of anilines is 1. The number of aryl methyl sites for hydroxylation is 1. The summed E-state index contributed by atoms with van der Waals surface area (Å²) in [4.78, 5) is 23.2. The molecule has 118 valence electrons. The zero-order valence-corrected chi connectivity index (χ0v) is 13.5. The molecule has 0 aromatic carbocycles. The fraction of sp³-hybridized carbons (Fsp3) is 0.333. The van der Waals surface area contributed by atoms with Crippen molar-refractivity contribution in [3.63, 3.8) is 0 Å². The predicted octanol–water partition coefficient (Wildman–Crippen LogP) is 1.64. The Balaban J connectivity index is 1.53. The number of fused-ring (bicyclic) bond motifs is 1. The first-order valence-corrected chi connectivity index (χ1v) is 8.22. The first-order chi connectivity index (χ1) is 11.1. The lowest BCUT2D eigenvalue weighted by molar-refractivity contribution is 0.0790. The first-order valence-electron chi connectivity index (χ1n) is 7.41. The van der Waals surface area contributed by atoms with Crippen LogP contribution in [0.15, 0.2) is 24.5 Å². The average molecular weight is 328 g/mol. The third-order valence-corrected chi connectivity index (χ3v) is 4.98. The van der Waals surface area contributed by atoms with Crippen LogP contribution in [-0.4, -0.2) is 43.6 Å². The molecule has 1 saturated heterocycles. The van der Waals surface area contributed by atoms with Crippen LogP contribution in [-0.2, 0) is 7.05 Å². The fourth-order valence-electron chi connectivity index (χ4n) is 2.98. The van der Waals surface area contributed by atoms with Crippen molar-refractivity contribution in [2.75, 3.05) is 18.8 Å². The van der Waals surface area contributed by atoms with Crippen molar-refractivity contribution in [3.8, 4) is 0 Å². The number of hydrogen-bond donors (Lipinski definition) is 1. The zero-order chi connectivity index (χ0) is 16.0. The molecule has 3 aromatic heterocycles. The molecule has 23 heavy (non-hydrogen) atoms. The number of hydrogen-bond acceptors (Lipinski definition) is 6. The number of carbonyl (C=O) groups excluding carboxylic acids is 1. The summed E-state index contributed by atoms with van der Waals surface area (Å²) < 4.78 is 2.63. The summed E-state index contributed by atoms with van der Waals surface area (Å²) in [5.41, 5.74) is 8.03. The molecule has 1 aliphatic rings. The maximum atomic E-state index is 12.5. The summed E-state index contributed by atoms with van der Waals surface area (Å²) in [5, 5.41) is 4.59. The number of aromatic nitrogens is 4. The number of thiazole rings is 1. The fourth-order valence-corrected chi connectivity index (χ4v) is 3.65. The van der Waals surface area contributed by atoms with Crippen LogP contribution >= 0.6 is 11.3 Å². The molecule has 0 bridgehead atoms. The lowest BCUT2D eigenvalue weighted by atomic mass is 10.0. The van der Waals surface area contributed by atoms with Crippen LogP contribution in [0.1, 0.15) is 28.4 Å². The van der Waals surface area contributed by atoms with E-state index in [9.17, 15) is 4.79 Å². The third-order valence-electron chi connectivity index (χ3n) is 4.14. The Bertz CT molecular complexity index is 885. The van der Waals surface area contributed by atoms with E-state index in [-0.39, 0.29) is 11.8 Å². The maximum absolute atomic E-state index is 12.5. The van der Waals surface area contributed by atoms with Gasteiger partial charge in [0.25, 0.3) is 5.91 Å². The van der Waals surface area contributed by atoms with Crippen LogP contribution in [0.2, 0.25) is 0 Å². The monoisotopic (exact) mass is 328 g/mol. The van der Waals surface area contributed by atoms with E-state index in [0.717, 1.165) is 23.4 Å². The number of nitrogens with zero attached hydrogens (tertiary/aromatic N) is 5. The summed E-state index contributed by atoms with van der Waals surface area (Å²) >= 11 is 1.44. The molecule has 7 nitrogen and oxygen atoms in total. The van der Waals surface area contributed by atoms with Crippen molar-refractivity contribution in [3.05, 3.63) is 35.8 Å². The maximum Gasteiger partial charge on any atom is 0.257 e. The highest BCUT2D eigenvalue weighted by atomic mass is 32.1. The van der Waals surface area contributed by atoms with Crippen molar-refractivity contribution in [1.29, 1.82) is 0 Å². The molecule has 1 atom stereocenters. The van der Waals surface area contributed by atoms with Crippen LogP contribution in [0.5, 0.6) is 0 Å². The van der Waals surface area contributed by atoms with E-state index in [2.05, 4.69) is 15.1 Å². The van der Waals surface area contributed by atoms with E-state index in [4.69, 9.17) is 5.73 Å². The molecule has 0 saturated carbocycles. The van der Waals surface area contributed by atoms with Crippen molar-refractivity contribution < 1.29 is 4.79 Å². The summed E-state index contributed by atoms with van der Waals surface area (Å²) in [6.45, 7) is 1.41. The van der Waals surface area contributed by atoms with Gasteiger partial charge in [-0.15, -0.1) is 0 Å². The summed E-state index contributed by atoms with van der Waals surface area (Å²) in [7, 11) is 1.81. The van der Waals surface area contributed by atoms with Gasteiger partial charge >= 0.3 is 0 Å². The molecule has 0 spiro atoms. The van der Waals surface area contributed by atoms with Gasteiger partial charge in [-0.2, -0.15) is 5.10 Å². The van der Waals surface area contributed by atoms with Crippen LogP contribution in [0.4, 0.5) is 5.13 Å². The zero-order valence-electron chi connectivity index (χ0n) is 12.6. The number of pyridine rings is 1. The minimum atomic E-state index is 0.0274. The van der Waals surface area contributed by atoms with E-state index in [1.54, 1.807) is 17.1 Å². The predicted molar refractivity (Wildman–Crippen MR) is 88.3 cm³/mol. The van der Waals surface area contributed by atoms with Gasteiger partial charge in [0.05, 0.1) is 16.5 Å². The molecule has 1 aliphatic heterocycles. The highest BCUT2D eigenvalue weighted by molar-refractivity contribution is 7.21. The van der Waals surface area contributed by atoms with E-state index in [1.165, 1.54) is 11.3 Å². The molecule has 0 radical (unpaired) electrons. The van der Waals surface area contributed by atoms with Crippen LogP contribution in [0.25, 0.3) is 10.3 Å². The van der Waals surface area contributed by atoms with Gasteiger partial charge in [-0.3, -0.25) is 9.48 Å². The lowest BCUT2D eigenvalue weighted by Crippen LogP contribution is -2.28. The second-order valence-electron chi connectivity index (χ2n) is 5.75. The number of likely N-dealkylation sites (tertiary alicyclic amines) is 1. The van der Waals surface area contributed by atoms with Gasteiger partial charge in [0, 0.05) is 37.9 Å². The van der Waals surface area contributed by atoms with E-state index >= 15 is 0 Å². The summed E-state index contributed by atoms with van der Waals surface area (Å²) in [6, 6.07) is 4.03. The number of nitrogen functional groups attached to an aromatic ring is 1. The SMILES string of the molecule is Cn1cc(C(=O)N2CCC(c3ccc4sc(N)nc4n3)C2)cn1. The Kier molecular flexibility index (Phi) is 3.26. The van der Waals surface area contributed by atoms with E-state index in [0.29, 0.717) is 22.9 Å². The molecule has 8 heteroatoms. The van der Waals surface area contributed by atoms with Crippen molar-refractivity contribution >= 4 is 32.7 Å². The van der Waals surface area contributed by atoms with Gasteiger partial charge in [0.2, 0.25) is 0 Å². The standard InChI is InChI=1S/C15H16N6OS/c1-20-7-10(6-17-20)14(22)21-5-4-9(8-21)11-2-3-12-13(18-11)19-15(16)23-12/h2-3,6-7,9H,4-5,8H2,1H3,(H2,16,18,19). The molecule has 1 amide bonds. The molecular weight excluding hydrogens is 312 g/mol. The minimum absolute atomic E-state index is 0.0274. The van der Waals surface area contributed by atoms with E-state index in [1.807, 2.05) is 24.1 Å². The highest BCUT2D eigenvalue weighted by Crippen LogP contribution is 2.30. The molecule has 4 rings (SSSR count). The Morgan fingerprint density at radius 2 is 2.26 bits per heavy atom. The van der Waals surface area contributed by atoms with E-state index < -0.39 is 0 Å². The molecule has 1 unspecified atom stereocenters. The molecule has 3 aromatic rings. The van der Waals surface area contributed by atoms with Gasteiger partial charge in [0.15, 0.2) is 10.8 Å². The Hall–Kier alpha value is -2.48. The van der Waals surface area contributed by atoms with Crippen molar-refractivity contribution in [1.82, 2.24) is 24.6 Å². The quantitative estimate of drug-likeness (QED) is 0.772. The van der Waals surface area contributed by atoms with Gasteiger partial charge in [-0.1, -0.05) is 11.3 Å². The highest BCUT2D eigenvalue weighted by Gasteiger charge is 2.29. The first kappa shape index (κ1) is 14.1. The topological polar surface area (TPSA) is 89.9 Å². The minimum Gasteiger partial charge on any atom is -0.375 e. The van der Waals surface area contributed by atoms with Crippen molar-refractivity contribution in [2.45, 2.75) is 12.3 Å². The Labute approximate surface area is 136 Å². The second-order valence-corrected chi connectivity index (χ2v) is 6.81. The smallest absolute Gasteiger partial charge is 0.257 e. The lowest BCUT2D eigenvalue weighted by Gasteiger charge is -2.15. The van der Waals surface area contributed by atoms with Gasteiger partial charge in [-0.25, -0.2) is 9.97 Å². The van der Waals surface area contributed by atoms with Crippen LogP contribution < -0.4 is 5.73 Å². The van der Waals surface area contributed by atoms with Gasteiger partial charge in [0.1, 0.15) is 0 Å². The second kappa shape index (κ2) is 5.31. The Morgan fingerprint density at radius 3 is 3.04 bits per heavy atom. The normalized spacial score (nSPS) is 18.0. The average Bonchev–Trinajstić information content (AvgIpc) is 3.23. The Morgan fingerprint density at radius 1 is 1.39 bits per heavy atom. The summed E-state index contributed by atoms with van der Waals surface area (Å²) in [6.07, 6.45) is 4.26. The largest absolute Gasteiger partial charge is 0.375 e. The number of carbonyl (C=O) groups is 1. The summed E-state index contributed by atoms with van der Waals surface area (Å²) in [5.74, 6) is 0.266.